The third kappa shape index (κ3) is 3.78. The van der Waals surface area contributed by atoms with Gasteiger partial charge in [0.25, 0.3) is 5.91 Å². The Morgan fingerprint density at radius 3 is 2.80 bits per heavy atom. The van der Waals surface area contributed by atoms with Gasteiger partial charge in [-0.15, -0.1) is 10.2 Å². The molecule has 1 heterocycles. The summed E-state index contributed by atoms with van der Waals surface area (Å²) in [6, 6.07) is 7.28. The average molecular weight is 308 g/mol. The molecule has 20 heavy (non-hydrogen) atoms. The van der Waals surface area contributed by atoms with Crippen LogP contribution < -0.4 is 11.1 Å². The first-order valence-corrected chi connectivity index (χ1v) is 7.48. The van der Waals surface area contributed by atoms with Crippen LogP contribution in [0.5, 0.6) is 0 Å². The first kappa shape index (κ1) is 14.5. The van der Waals surface area contributed by atoms with Crippen LogP contribution in [0.4, 0.5) is 5.13 Å². The number of hydrogen-bond acceptors (Lipinski definition) is 6. The predicted molar refractivity (Wildman–Crippen MR) is 79.0 cm³/mol. The number of rotatable bonds is 5. The predicted octanol–water partition coefficient (Wildman–Crippen LogP) is 1.68. The van der Waals surface area contributed by atoms with Crippen molar-refractivity contribution in [1.29, 1.82) is 0 Å². The monoisotopic (exact) mass is 308 g/mol. The van der Waals surface area contributed by atoms with E-state index >= 15 is 0 Å². The van der Waals surface area contributed by atoms with Gasteiger partial charge < -0.3 is 5.73 Å². The number of primary amides is 1. The highest BCUT2D eigenvalue weighted by molar-refractivity contribution is 8.01. The van der Waals surface area contributed by atoms with Gasteiger partial charge in [-0.25, -0.2) is 0 Å². The molecule has 104 valence electrons. The molecule has 0 aliphatic rings. The number of nitrogens with zero attached hydrogens (tertiary/aromatic N) is 2. The van der Waals surface area contributed by atoms with Crippen molar-refractivity contribution >= 4 is 40.0 Å². The van der Waals surface area contributed by atoms with Gasteiger partial charge in [-0.3, -0.25) is 14.9 Å². The van der Waals surface area contributed by atoms with Gasteiger partial charge in [0.05, 0.1) is 5.75 Å². The van der Waals surface area contributed by atoms with Gasteiger partial charge in [0.15, 0.2) is 4.34 Å². The summed E-state index contributed by atoms with van der Waals surface area (Å²) in [5.74, 6) is -0.512. The third-order valence-corrected chi connectivity index (χ3v) is 4.35. The van der Waals surface area contributed by atoms with Crippen molar-refractivity contribution < 1.29 is 9.59 Å². The minimum atomic E-state index is -0.421. The minimum Gasteiger partial charge on any atom is -0.369 e. The second kappa shape index (κ2) is 6.49. The molecule has 6 nitrogen and oxygen atoms in total. The van der Waals surface area contributed by atoms with Crippen molar-refractivity contribution in [2.75, 3.05) is 11.1 Å². The molecule has 1 aromatic carbocycles. The molecule has 0 bridgehead atoms. The number of thioether (sulfide) groups is 1. The Bertz CT molecular complexity index is 642. The van der Waals surface area contributed by atoms with E-state index in [0.29, 0.717) is 15.0 Å². The molecular formula is C12H12N4O2S2. The van der Waals surface area contributed by atoms with Crippen molar-refractivity contribution in [2.24, 2.45) is 5.73 Å². The zero-order valence-electron chi connectivity index (χ0n) is 10.6. The summed E-state index contributed by atoms with van der Waals surface area (Å²) in [4.78, 5) is 22.7. The quantitative estimate of drug-likeness (QED) is 0.647. The van der Waals surface area contributed by atoms with Crippen LogP contribution in [-0.2, 0) is 4.79 Å². The van der Waals surface area contributed by atoms with Gasteiger partial charge in [-0.1, -0.05) is 41.3 Å². The Morgan fingerprint density at radius 2 is 2.10 bits per heavy atom. The number of anilines is 1. The summed E-state index contributed by atoms with van der Waals surface area (Å²) in [6.45, 7) is 1.86. The normalized spacial score (nSPS) is 10.2. The lowest BCUT2D eigenvalue weighted by Crippen LogP contribution is -2.13. The Balaban J connectivity index is 2.02. The highest BCUT2D eigenvalue weighted by atomic mass is 32.2. The largest absolute Gasteiger partial charge is 0.369 e. The van der Waals surface area contributed by atoms with Crippen molar-refractivity contribution in [3.63, 3.8) is 0 Å². The van der Waals surface area contributed by atoms with E-state index in [9.17, 15) is 9.59 Å². The molecule has 0 aliphatic heterocycles. The van der Waals surface area contributed by atoms with Crippen LogP contribution in [0.15, 0.2) is 28.6 Å². The molecular weight excluding hydrogens is 296 g/mol. The lowest BCUT2D eigenvalue weighted by molar-refractivity contribution is -0.115. The standard InChI is InChI=1S/C12H12N4O2S2/c1-7-4-2-3-5-8(7)10(18)14-11-15-16-12(20-11)19-6-9(13)17/h2-5H,6H2,1H3,(H2,13,17)(H,14,15,18). The SMILES string of the molecule is Cc1ccccc1C(=O)Nc1nnc(SCC(N)=O)s1. The number of carbonyl (C=O) groups is 2. The number of nitrogens with two attached hydrogens (primary N) is 1. The summed E-state index contributed by atoms with van der Waals surface area (Å²) in [5, 5.41) is 10.8. The molecule has 0 spiro atoms. The fraction of sp³-hybridized carbons (Fsp3) is 0.167. The number of amides is 2. The number of nitrogens with one attached hydrogen (secondary N) is 1. The van der Waals surface area contributed by atoms with Gasteiger partial charge >= 0.3 is 0 Å². The van der Waals surface area contributed by atoms with E-state index in [4.69, 9.17) is 5.73 Å². The fourth-order valence-electron chi connectivity index (χ4n) is 1.44. The lowest BCUT2D eigenvalue weighted by atomic mass is 10.1. The molecule has 2 amide bonds. The first-order chi connectivity index (χ1) is 9.56. The van der Waals surface area contributed by atoms with E-state index in [1.807, 2.05) is 19.1 Å². The molecule has 0 saturated carbocycles. The molecule has 0 saturated heterocycles. The topological polar surface area (TPSA) is 98.0 Å². The number of carbonyl (C=O) groups excluding carboxylic acids is 2. The summed E-state index contributed by atoms with van der Waals surface area (Å²) in [6.07, 6.45) is 0. The number of aryl methyl sites for hydroxylation is 1. The van der Waals surface area contributed by atoms with Crippen LogP contribution >= 0.6 is 23.1 Å². The average Bonchev–Trinajstić information content (AvgIpc) is 2.84. The van der Waals surface area contributed by atoms with Gasteiger partial charge in [-0.2, -0.15) is 0 Å². The van der Waals surface area contributed by atoms with Crippen molar-refractivity contribution in [3.05, 3.63) is 35.4 Å². The number of hydrogen-bond donors (Lipinski definition) is 2. The summed E-state index contributed by atoms with van der Waals surface area (Å²) >= 11 is 2.40. The van der Waals surface area contributed by atoms with E-state index < -0.39 is 5.91 Å². The van der Waals surface area contributed by atoms with Gasteiger partial charge in [0, 0.05) is 5.56 Å². The molecule has 8 heteroatoms. The second-order valence-corrected chi connectivity index (χ2v) is 6.10. The van der Waals surface area contributed by atoms with Crippen LogP contribution in [0.3, 0.4) is 0 Å². The summed E-state index contributed by atoms with van der Waals surface area (Å²) in [7, 11) is 0. The zero-order valence-corrected chi connectivity index (χ0v) is 12.3. The molecule has 1 aromatic heterocycles. The van der Waals surface area contributed by atoms with Crippen LogP contribution in [-0.4, -0.2) is 27.8 Å². The third-order valence-electron chi connectivity index (χ3n) is 2.35. The maximum atomic E-state index is 12.1. The van der Waals surface area contributed by atoms with Gasteiger partial charge in [0.1, 0.15) is 0 Å². The molecule has 2 aromatic rings. The lowest BCUT2D eigenvalue weighted by Gasteiger charge is -2.03. The molecule has 2 rings (SSSR count). The number of aromatic nitrogens is 2. The Kier molecular flexibility index (Phi) is 4.70. The van der Waals surface area contributed by atoms with Crippen molar-refractivity contribution in [2.45, 2.75) is 11.3 Å². The van der Waals surface area contributed by atoms with E-state index in [2.05, 4.69) is 15.5 Å². The van der Waals surface area contributed by atoms with Crippen LogP contribution in [0.25, 0.3) is 0 Å². The maximum absolute atomic E-state index is 12.1. The minimum absolute atomic E-state index is 0.139. The Labute approximate surface area is 123 Å². The van der Waals surface area contributed by atoms with E-state index in [0.717, 1.165) is 5.56 Å². The zero-order chi connectivity index (χ0) is 14.5. The molecule has 0 unspecified atom stereocenters. The van der Waals surface area contributed by atoms with Crippen LogP contribution in [0, 0.1) is 6.92 Å². The molecule has 3 N–H and O–H groups in total. The summed E-state index contributed by atoms with van der Waals surface area (Å²) < 4.78 is 0.587. The molecule has 0 aliphatic carbocycles. The van der Waals surface area contributed by atoms with E-state index in [-0.39, 0.29) is 11.7 Å². The highest BCUT2D eigenvalue weighted by Gasteiger charge is 2.12. The smallest absolute Gasteiger partial charge is 0.257 e. The molecule has 0 atom stereocenters. The van der Waals surface area contributed by atoms with E-state index in [1.54, 1.807) is 12.1 Å². The summed E-state index contributed by atoms with van der Waals surface area (Å²) in [5.41, 5.74) is 6.53. The molecule has 0 radical (unpaired) electrons. The van der Waals surface area contributed by atoms with Gasteiger partial charge in [0.2, 0.25) is 11.0 Å². The van der Waals surface area contributed by atoms with Gasteiger partial charge in [-0.05, 0) is 18.6 Å². The van der Waals surface area contributed by atoms with Crippen molar-refractivity contribution in [3.8, 4) is 0 Å². The van der Waals surface area contributed by atoms with Crippen molar-refractivity contribution in [1.82, 2.24) is 10.2 Å². The first-order valence-electron chi connectivity index (χ1n) is 5.68. The molecule has 0 fully saturated rings. The maximum Gasteiger partial charge on any atom is 0.257 e. The Hall–Kier alpha value is -1.93. The Morgan fingerprint density at radius 1 is 1.35 bits per heavy atom. The van der Waals surface area contributed by atoms with E-state index in [1.165, 1.54) is 23.1 Å². The fourth-order valence-corrected chi connectivity index (χ4v) is 2.93. The highest BCUT2D eigenvalue weighted by Crippen LogP contribution is 2.25. The number of benzene rings is 1. The second-order valence-electron chi connectivity index (χ2n) is 3.90. The van der Waals surface area contributed by atoms with Crippen LogP contribution in [0.2, 0.25) is 0 Å². The van der Waals surface area contributed by atoms with Crippen LogP contribution in [0.1, 0.15) is 15.9 Å².